The quantitative estimate of drug-likeness (QED) is 0.688. The van der Waals surface area contributed by atoms with Crippen molar-refractivity contribution in [1.29, 1.82) is 0 Å². The maximum atomic E-state index is 6.56. The largest absolute Gasteiger partial charge is 0.498 e. The molecule has 0 aromatic rings. The van der Waals surface area contributed by atoms with E-state index in [0.29, 0.717) is 0 Å². The molecule has 18 heavy (non-hydrogen) atoms. The molecule has 0 heterocycles. The lowest BCUT2D eigenvalue weighted by Gasteiger charge is -2.42. The fourth-order valence-corrected chi connectivity index (χ4v) is 3.51. The maximum absolute atomic E-state index is 6.56. The summed E-state index contributed by atoms with van der Waals surface area (Å²) in [4.78, 5) is 0. The summed E-state index contributed by atoms with van der Waals surface area (Å²) in [6.07, 6.45) is 3.45. The summed E-state index contributed by atoms with van der Waals surface area (Å²) in [5.41, 5.74) is 0.00549. The lowest BCUT2D eigenvalue weighted by molar-refractivity contribution is 0.0569. The van der Waals surface area contributed by atoms with Gasteiger partial charge in [0.15, 0.2) is 8.32 Å². The van der Waals surface area contributed by atoms with Crippen LogP contribution in [0.15, 0.2) is 11.8 Å². The topological polar surface area (TPSA) is 18.5 Å². The van der Waals surface area contributed by atoms with E-state index in [-0.39, 0.29) is 16.6 Å². The van der Waals surface area contributed by atoms with E-state index in [1.165, 1.54) is 0 Å². The van der Waals surface area contributed by atoms with Crippen LogP contribution >= 0.6 is 0 Å². The fourth-order valence-electron chi connectivity index (χ4n) is 2.06. The Labute approximate surface area is 114 Å². The molecule has 0 saturated carbocycles. The summed E-state index contributed by atoms with van der Waals surface area (Å²) in [5, 5.41) is 0.261. The Morgan fingerprint density at radius 1 is 1.33 bits per heavy atom. The van der Waals surface area contributed by atoms with E-state index in [1.807, 2.05) is 6.92 Å². The standard InChI is InChI=1S/C15H30O2Si/c1-9-16-12-10-11-13(15(12,5)6)17-18(7,8)14(2,3)4/h10,13H,9,11H2,1-8H3. The highest BCUT2D eigenvalue weighted by Crippen LogP contribution is 2.45. The molecule has 2 nitrogen and oxygen atoms in total. The summed E-state index contributed by atoms with van der Waals surface area (Å²) in [5.74, 6) is 1.11. The molecule has 0 spiro atoms. The molecule has 1 rings (SSSR count). The average Bonchev–Trinajstić information content (AvgIpc) is 2.43. The molecule has 0 N–H and O–H groups in total. The molecule has 0 aromatic carbocycles. The zero-order valence-electron chi connectivity index (χ0n) is 13.4. The van der Waals surface area contributed by atoms with Gasteiger partial charge < -0.3 is 9.16 Å². The Morgan fingerprint density at radius 3 is 2.33 bits per heavy atom. The first-order chi connectivity index (χ1) is 8.02. The van der Waals surface area contributed by atoms with Gasteiger partial charge in [0, 0.05) is 5.41 Å². The molecule has 0 aliphatic heterocycles. The smallest absolute Gasteiger partial charge is 0.192 e. The van der Waals surface area contributed by atoms with Crippen molar-refractivity contribution in [1.82, 2.24) is 0 Å². The maximum Gasteiger partial charge on any atom is 0.192 e. The van der Waals surface area contributed by atoms with Gasteiger partial charge in [0.1, 0.15) is 5.76 Å². The van der Waals surface area contributed by atoms with Crippen LogP contribution in [0.1, 0.15) is 48.0 Å². The van der Waals surface area contributed by atoms with E-state index in [4.69, 9.17) is 9.16 Å². The summed E-state index contributed by atoms with van der Waals surface area (Å²) in [6.45, 7) is 18.8. The van der Waals surface area contributed by atoms with Crippen LogP contribution in [-0.4, -0.2) is 21.0 Å². The third kappa shape index (κ3) is 2.99. The van der Waals surface area contributed by atoms with Crippen molar-refractivity contribution in [3.63, 3.8) is 0 Å². The molecule has 1 aliphatic carbocycles. The minimum absolute atomic E-state index is 0.00549. The van der Waals surface area contributed by atoms with Crippen LogP contribution in [0.2, 0.25) is 18.1 Å². The zero-order valence-corrected chi connectivity index (χ0v) is 14.4. The normalized spacial score (nSPS) is 24.0. The molecule has 0 saturated heterocycles. The first-order valence-corrected chi connectivity index (χ1v) is 9.94. The van der Waals surface area contributed by atoms with Gasteiger partial charge in [-0.1, -0.05) is 34.6 Å². The number of hydrogen-bond acceptors (Lipinski definition) is 2. The first-order valence-electron chi connectivity index (χ1n) is 7.03. The molecule has 1 atom stereocenters. The number of ether oxygens (including phenoxy) is 1. The van der Waals surface area contributed by atoms with Crippen molar-refractivity contribution in [2.24, 2.45) is 5.41 Å². The van der Waals surface area contributed by atoms with Crippen LogP contribution in [-0.2, 0) is 9.16 Å². The van der Waals surface area contributed by atoms with Gasteiger partial charge in [-0.2, -0.15) is 0 Å². The number of hydrogen-bond donors (Lipinski definition) is 0. The molecule has 0 bridgehead atoms. The average molecular weight is 270 g/mol. The summed E-state index contributed by atoms with van der Waals surface area (Å²) in [6, 6.07) is 0. The van der Waals surface area contributed by atoms with Gasteiger partial charge in [-0.25, -0.2) is 0 Å². The highest BCUT2D eigenvalue weighted by molar-refractivity contribution is 6.74. The van der Waals surface area contributed by atoms with Crippen molar-refractivity contribution in [2.45, 2.75) is 72.2 Å². The minimum atomic E-state index is -1.70. The van der Waals surface area contributed by atoms with Gasteiger partial charge in [-0.3, -0.25) is 0 Å². The minimum Gasteiger partial charge on any atom is -0.498 e. The van der Waals surface area contributed by atoms with Gasteiger partial charge in [-0.05, 0) is 37.6 Å². The van der Waals surface area contributed by atoms with Crippen molar-refractivity contribution >= 4 is 8.32 Å². The van der Waals surface area contributed by atoms with Crippen molar-refractivity contribution in [3.8, 4) is 0 Å². The molecule has 0 fully saturated rings. The molecule has 1 aliphatic rings. The van der Waals surface area contributed by atoms with Gasteiger partial charge in [0.2, 0.25) is 0 Å². The predicted molar refractivity (Wildman–Crippen MR) is 80.2 cm³/mol. The van der Waals surface area contributed by atoms with Crippen LogP contribution < -0.4 is 0 Å². The summed E-state index contributed by atoms with van der Waals surface area (Å²) < 4.78 is 12.3. The molecule has 106 valence electrons. The van der Waals surface area contributed by atoms with E-state index >= 15 is 0 Å². The van der Waals surface area contributed by atoms with Gasteiger partial charge in [-0.15, -0.1) is 0 Å². The molecule has 1 unspecified atom stereocenters. The van der Waals surface area contributed by atoms with E-state index in [0.717, 1.165) is 18.8 Å². The Hall–Kier alpha value is -0.283. The Morgan fingerprint density at radius 2 is 1.89 bits per heavy atom. The van der Waals surface area contributed by atoms with Crippen LogP contribution in [0.4, 0.5) is 0 Å². The van der Waals surface area contributed by atoms with Crippen LogP contribution in [0, 0.1) is 5.41 Å². The van der Waals surface area contributed by atoms with Crippen LogP contribution in [0.25, 0.3) is 0 Å². The van der Waals surface area contributed by atoms with E-state index in [1.54, 1.807) is 0 Å². The molecule has 0 radical (unpaired) electrons. The third-order valence-electron chi connectivity index (χ3n) is 4.50. The molecular formula is C15H30O2Si. The predicted octanol–water partition coefficient (Wildman–Crippen LogP) is 4.73. The highest BCUT2D eigenvalue weighted by Gasteiger charge is 2.46. The van der Waals surface area contributed by atoms with Crippen molar-refractivity contribution in [3.05, 3.63) is 11.8 Å². The molecule has 0 amide bonds. The van der Waals surface area contributed by atoms with E-state index in [2.05, 4.69) is 53.8 Å². The second kappa shape index (κ2) is 5.01. The SMILES string of the molecule is CCOC1=CCC(O[Si](C)(C)C(C)(C)C)C1(C)C. The summed E-state index contributed by atoms with van der Waals surface area (Å²) >= 11 is 0. The second-order valence-electron chi connectivity index (χ2n) is 7.33. The van der Waals surface area contributed by atoms with Gasteiger partial charge >= 0.3 is 0 Å². The lowest BCUT2D eigenvalue weighted by atomic mass is 9.89. The van der Waals surface area contributed by atoms with Gasteiger partial charge in [0.25, 0.3) is 0 Å². The van der Waals surface area contributed by atoms with Gasteiger partial charge in [0.05, 0.1) is 12.7 Å². The van der Waals surface area contributed by atoms with Crippen molar-refractivity contribution < 1.29 is 9.16 Å². The first kappa shape index (κ1) is 15.8. The zero-order chi connectivity index (χ0) is 14.2. The van der Waals surface area contributed by atoms with E-state index in [9.17, 15) is 0 Å². The third-order valence-corrected chi connectivity index (χ3v) is 8.99. The fraction of sp³-hybridized carbons (Fsp3) is 0.867. The van der Waals surface area contributed by atoms with Crippen molar-refractivity contribution in [2.75, 3.05) is 6.61 Å². The molecule has 3 heteroatoms. The molecule has 0 aromatic heterocycles. The highest BCUT2D eigenvalue weighted by atomic mass is 28.4. The monoisotopic (exact) mass is 270 g/mol. The lowest BCUT2D eigenvalue weighted by Crippen LogP contribution is -2.47. The van der Waals surface area contributed by atoms with E-state index < -0.39 is 8.32 Å². The number of rotatable bonds is 4. The van der Waals surface area contributed by atoms with Crippen LogP contribution in [0.5, 0.6) is 0 Å². The second-order valence-corrected chi connectivity index (χ2v) is 12.1. The Balaban J connectivity index is 2.78. The summed E-state index contributed by atoms with van der Waals surface area (Å²) in [7, 11) is -1.70. The molecular weight excluding hydrogens is 240 g/mol. The Bertz CT molecular complexity index is 324. The van der Waals surface area contributed by atoms with Crippen LogP contribution in [0.3, 0.4) is 0 Å². The Kier molecular flexibility index (Phi) is 4.39.